The fourth-order valence-electron chi connectivity index (χ4n) is 4.52. The van der Waals surface area contributed by atoms with Crippen LogP contribution in [0.15, 0.2) is 64.4 Å². The number of benzene rings is 2. The van der Waals surface area contributed by atoms with E-state index in [-0.39, 0.29) is 5.92 Å². The lowest BCUT2D eigenvalue weighted by molar-refractivity contribution is 0.0747. The topological polar surface area (TPSA) is 20.3 Å². The zero-order chi connectivity index (χ0) is 18.5. The average Bonchev–Trinajstić information content (AvgIpc) is 2.75. The van der Waals surface area contributed by atoms with Crippen molar-refractivity contribution in [2.24, 2.45) is 5.92 Å². The molecule has 0 atom stereocenters. The Morgan fingerprint density at radius 2 is 1.41 bits per heavy atom. The van der Waals surface area contributed by atoms with Gasteiger partial charge >= 0.3 is 0 Å². The summed E-state index contributed by atoms with van der Waals surface area (Å²) in [5.41, 5.74) is 0.878. The second-order valence-electron chi connectivity index (χ2n) is 7.91. The molecule has 1 heterocycles. The molecule has 0 bridgehead atoms. The molecule has 1 aliphatic heterocycles. The van der Waals surface area contributed by atoms with Crippen molar-refractivity contribution in [3.8, 4) is 0 Å². The van der Waals surface area contributed by atoms with Crippen LogP contribution >= 0.6 is 11.8 Å². The maximum atomic E-state index is 12.9. The van der Waals surface area contributed by atoms with Crippen molar-refractivity contribution in [1.82, 2.24) is 4.90 Å². The molecule has 1 aliphatic carbocycles. The highest BCUT2D eigenvalue weighted by molar-refractivity contribution is 7.99. The summed E-state index contributed by atoms with van der Waals surface area (Å²) in [4.78, 5) is 18.0. The van der Waals surface area contributed by atoms with E-state index in [0.29, 0.717) is 5.78 Å². The summed E-state index contributed by atoms with van der Waals surface area (Å²) in [5, 5.41) is 0. The largest absolute Gasteiger partial charge is 0.300 e. The third kappa shape index (κ3) is 4.83. The van der Waals surface area contributed by atoms with E-state index >= 15 is 0 Å². The number of ketones is 1. The zero-order valence-corrected chi connectivity index (χ0v) is 16.8. The molecule has 0 unspecified atom stereocenters. The van der Waals surface area contributed by atoms with Crippen LogP contribution < -0.4 is 0 Å². The maximum absolute atomic E-state index is 12.9. The second kappa shape index (κ2) is 9.07. The maximum Gasteiger partial charge on any atom is 0.166 e. The molecule has 27 heavy (non-hydrogen) atoms. The van der Waals surface area contributed by atoms with Gasteiger partial charge in [0.1, 0.15) is 0 Å². The molecule has 2 fully saturated rings. The van der Waals surface area contributed by atoms with Gasteiger partial charge in [-0.3, -0.25) is 4.79 Å². The van der Waals surface area contributed by atoms with Gasteiger partial charge in [-0.1, -0.05) is 61.4 Å². The van der Waals surface area contributed by atoms with Crippen molar-refractivity contribution >= 4 is 17.5 Å². The molecule has 3 heteroatoms. The number of hydrogen-bond donors (Lipinski definition) is 0. The van der Waals surface area contributed by atoms with E-state index in [1.54, 1.807) is 11.8 Å². The summed E-state index contributed by atoms with van der Waals surface area (Å²) in [5.74, 6) is 0.548. The van der Waals surface area contributed by atoms with Crippen molar-refractivity contribution in [3.63, 3.8) is 0 Å². The number of rotatable bonds is 5. The molecule has 2 aromatic carbocycles. The Balaban J connectivity index is 1.32. The first-order valence-corrected chi connectivity index (χ1v) is 11.2. The van der Waals surface area contributed by atoms with Crippen LogP contribution in [-0.4, -0.2) is 29.8 Å². The molecule has 0 radical (unpaired) electrons. The first-order valence-electron chi connectivity index (χ1n) is 10.4. The monoisotopic (exact) mass is 379 g/mol. The molecule has 142 valence electrons. The number of likely N-dealkylation sites (tertiary alicyclic amines) is 1. The molecule has 4 rings (SSSR count). The fraction of sp³-hybridized carbons (Fsp3) is 0.458. The van der Waals surface area contributed by atoms with Gasteiger partial charge in [0, 0.05) is 27.3 Å². The van der Waals surface area contributed by atoms with Crippen molar-refractivity contribution in [2.75, 3.05) is 13.1 Å². The Bertz CT molecular complexity index is 729. The van der Waals surface area contributed by atoms with E-state index in [0.717, 1.165) is 37.5 Å². The van der Waals surface area contributed by atoms with Gasteiger partial charge in [0.25, 0.3) is 0 Å². The van der Waals surface area contributed by atoms with Crippen molar-refractivity contribution in [2.45, 2.75) is 60.8 Å². The van der Waals surface area contributed by atoms with Crippen molar-refractivity contribution in [3.05, 3.63) is 60.2 Å². The number of piperidine rings is 1. The van der Waals surface area contributed by atoms with E-state index in [4.69, 9.17) is 0 Å². The van der Waals surface area contributed by atoms with Gasteiger partial charge in [-0.15, -0.1) is 0 Å². The van der Waals surface area contributed by atoms with Gasteiger partial charge in [-0.25, -0.2) is 0 Å². The number of hydrogen-bond acceptors (Lipinski definition) is 3. The van der Waals surface area contributed by atoms with Gasteiger partial charge in [-0.05, 0) is 63.0 Å². The summed E-state index contributed by atoms with van der Waals surface area (Å²) in [6, 6.07) is 19.4. The summed E-state index contributed by atoms with van der Waals surface area (Å²) in [7, 11) is 0. The van der Waals surface area contributed by atoms with Gasteiger partial charge in [-0.2, -0.15) is 0 Å². The fourth-order valence-corrected chi connectivity index (χ4v) is 5.36. The van der Waals surface area contributed by atoms with Crippen LogP contribution in [0, 0.1) is 5.92 Å². The highest BCUT2D eigenvalue weighted by Crippen LogP contribution is 2.30. The predicted octanol–water partition coefficient (Wildman–Crippen LogP) is 6.07. The van der Waals surface area contributed by atoms with Gasteiger partial charge in [0.15, 0.2) is 5.78 Å². The Kier molecular flexibility index (Phi) is 6.31. The van der Waals surface area contributed by atoms with Crippen LogP contribution in [0.5, 0.6) is 0 Å². The van der Waals surface area contributed by atoms with E-state index in [1.807, 2.05) is 18.2 Å². The van der Waals surface area contributed by atoms with Crippen LogP contribution in [0.1, 0.15) is 55.3 Å². The minimum atomic E-state index is 0.206. The number of nitrogens with zero attached hydrogens (tertiary/aromatic N) is 1. The Labute approximate surface area is 167 Å². The van der Waals surface area contributed by atoms with Crippen molar-refractivity contribution in [1.29, 1.82) is 0 Å². The standard InChI is InChI=1S/C24H29NOS/c26-24(20-15-17-25(18-16-20)21-7-3-1-4-8-21)19-11-13-23(14-12-19)27-22-9-5-2-6-10-22/h2,5-6,9-14,20-21H,1,3-4,7-8,15-18H2. The Hall–Kier alpha value is -1.58. The molecule has 2 nitrogen and oxygen atoms in total. The van der Waals surface area contributed by atoms with E-state index in [1.165, 1.54) is 41.9 Å². The van der Waals surface area contributed by atoms with E-state index in [2.05, 4.69) is 41.3 Å². The molecule has 0 N–H and O–H groups in total. The molecule has 0 amide bonds. The minimum absolute atomic E-state index is 0.206. The van der Waals surface area contributed by atoms with Crippen LogP contribution in [-0.2, 0) is 0 Å². The van der Waals surface area contributed by atoms with E-state index in [9.17, 15) is 4.79 Å². The molecule has 0 aromatic heterocycles. The number of Topliss-reactive ketones (excluding diaryl/α,β-unsaturated/α-hetero) is 1. The van der Waals surface area contributed by atoms with Crippen molar-refractivity contribution < 1.29 is 4.79 Å². The first-order chi connectivity index (χ1) is 13.3. The van der Waals surface area contributed by atoms with Gasteiger partial charge in [0.05, 0.1) is 0 Å². The summed E-state index contributed by atoms with van der Waals surface area (Å²) >= 11 is 1.74. The Morgan fingerprint density at radius 3 is 2.07 bits per heavy atom. The Morgan fingerprint density at radius 1 is 0.778 bits per heavy atom. The number of carbonyl (C=O) groups excluding carboxylic acids is 1. The summed E-state index contributed by atoms with van der Waals surface area (Å²) in [6.45, 7) is 2.20. The quantitative estimate of drug-likeness (QED) is 0.589. The number of carbonyl (C=O) groups is 1. The third-order valence-electron chi connectivity index (χ3n) is 6.11. The molecule has 1 saturated carbocycles. The van der Waals surface area contributed by atoms with Crippen LogP contribution in [0.2, 0.25) is 0 Å². The molecular weight excluding hydrogens is 350 g/mol. The predicted molar refractivity (Wildman–Crippen MR) is 113 cm³/mol. The summed E-state index contributed by atoms with van der Waals surface area (Å²) < 4.78 is 0. The normalized spacial score (nSPS) is 19.9. The van der Waals surface area contributed by atoms with Gasteiger partial charge < -0.3 is 4.90 Å². The molecule has 2 aromatic rings. The third-order valence-corrected chi connectivity index (χ3v) is 7.12. The first kappa shape index (κ1) is 18.8. The highest BCUT2D eigenvalue weighted by atomic mass is 32.2. The second-order valence-corrected chi connectivity index (χ2v) is 9.05. The smallest absolute Gasteiger partial charge is 0.166 e. The lowest BCUT2D eigenvalue weighted by Gasteiger charge is -2.39. The van der Waals surface area contributed by atoms with Gasteiger partial charge in [0.2, 0.25) is 0 Å². The van der Waals surface area contributed by atoms with Crippen LogP contribution in [0.4, 0.5) is 0 Å². The summed E-state index contributed by atoms with van der Waals surface area (Å²) in [6.07, 6.45) is 8.95. The average molecular weight is 380 g/mol. The molecule has 2 aliphatic rings. The van der Waals surface area contributed by atoms with E-state index < -0.39 is 0 Å². The molecule has 0 spiro atoms. The zero-order valence-electron chi connectivity index (χ0n) is 16.0. The molecule has 1 saturated heterocycles. The van der Waals surface area contributed by atoms with Crippen LogP contribution in [0.3, 0.4) is 0 Å². The minimum Gasteiger partial charge on any atom is -0.300 e. The SMILES string of the molecule is O=C(c1ccc(Sc2ccccc2)cc1)C1CCN(C2CCCCC2)CC1. The molecular formula is C24H29NOS. The van der Waals surface area contributed by atoms with Crippen LogP contribution in [0.25, 0.3) is 0 Å². The lowest BCUT2D eigenvalue weighted by atomic mass is 9.86. The highest BCUT2D eigenvalue weighted by Gasteiger charge is 2.29. The lowest BCUT2D eigenvalue weighted by Crippen LogP contribution is -2.43.